The maximum absolute atomic E-state index is 12.2. The third kappa shape index (κ3) is 3.27. The van der Waals surface area contributed by atoms with Crippen molar-refractivity contribution in [1.82, 2.24) is 0 Å². The third-order valence-corrected chi connectivity index (χ3v) is 6.07. The van der Waals surface area contributed by atoms with E-state index in [2.05, 4.69) is 13.8 Å². The van der Waals surface area contributed by atoms with E-state index in [1.807, 2.05) is 13.8 Å². The molecule has 0 amide bonds. The van der Waals surface area contributed by atoms with Gasteiger partial charge < -0.3 is 5.11 Å². The fourth-order valence-corrected chi connectivity index (χ4v) is 4.96. The smallest absolute Gasteiger partial charge is 0.136 e. The van der Waals surface area contributed by atoms with Crippen LogP contribution in [0.1, 0.15) is 79.1 Å². The second-order valence-corrected chi connectivity index (χ2v) is 8.24. The molecule has 2 saturated carbocycles. The van der Waals surface area contributed by atoms with Crippen LogP contribution in [0.25, 0.3) is 0 Å². The van der Waals surface area contributed by atoms with Crippen LogP contribution >= 0.6 is 0 Å². The fraction of sp³-hybridized carbons (Fsp3) is 0.944. The molecule has 0 bridgehead atoms. The molecule has 20 heavy (non-hydrogen) atoms. The molecular weight excluding hydrogens is 248 g/mol. The van der Waals surface area contributed by atoms with Gasteiger partial charge in [0.25, 0.3) is 0 Å². The van der Waals surface area contributed by atoms with Crippen molar-refractivity contribution in [2.45, 2.75) is 84.7 Å². The molecule has 0 heterocycles. The van der Waals surface area contributed by atoms with E-state index < -0.39 is 5.60 Å². The highest BCUT2D eigenvalue weighted by Crippen LogP contribution is 2.57. The van der Waals surface area contributed by atoms with Gasteiger partial charge in [-0.2, -0.15) is 0 Å². The number of carbonyl (C=O) groups is 1. The minimum atomic E-state index is -0.539. The van der Waals surface area contributed by atoms with E-state index in [0.717, 1.165) is 32.1 Å². The van der Waals surface area contributed by atoms with Crippen LogP contribution in [-0.4, -0.2) is 16.5 Å². The van der Waals surface area contributed by atoms with Gasteiger partial charge >= 0.3 is 0 Å². The predicted molar refractivity (Wildman–Crippen MR) is 82.5 cm³/mol. The second-order valence-electron chi connectivity index (χ2n) is 8.24. The summed E-state index contributed by atoms with van der Waals surface area (Å²) in [5.41, 5.74) is -0.272. The number of hydrogen-bond acceptors (Lipinski definition) is 2. The Labute approximate surface area is 124 Å². The Morgan fingerprint density at radius 3 is 2.75 bits per heavy atom. The van der Waals surface area contributed by atoms with Gasteiger partial charge in [-0.25, -0.2) is 0 Å². The molecule has 2 aliphatic carbocycles. The number of fused-ring (bicyclic) bond motifs is 1. The molecule has 0 aromatic carbocycles. The van der Waals surface area contributed by atoms with E-state index in [9.17, 15) is 9.90 Å². The minimum absolute atomic E-state index is 0.267. The molecule has 2 rings (SSSR count). The van der Waals surface area contributed by atoms with Crippen molar-refractivity contribution in [1.29, 1.82) is 0 Å². The summed E-state index contributed by atoms with van der Waals surface area (Å²) in [5.74, 6) is 2.26. The number of hydrogen-bond donors (Lipinski definition) is 1. The van der Waals surface area contributed by atoms with Gasteiger partial charge in [-0.1, -0.05) is 26.7 Å². The number of ketones is 1. The molecule has 0 aromatic rings. The van der Waals surface area contributed by atoms with Crippen LogP contribution in [0.2, 0.25) is 0 Å². The number of rotatable bonds is 5. The van der Waals surface area contributed by atoms with Gasteiger partial charge in [0.1, 0.15) is 5.78 Å². The quantitative estimate of drug-likeness (QED) is 0.813. The Kier molecular flexibility index (Phi) is 4.63. The molecule has 2 nitrogen and oxygen atoms in total. The molecule has 2 fully saturated rings. The van der Waals surface area contributed by atoms with Gasteiger partial charge in [-0.05, 0) is 63.2 Å². The van der Waals surface area contributed by atoms with Gasteiger partial charge in [-0.3, -0.25) is 4.79 Å². The molecule has 0 aromatic heterocycles. The zero-order valence-corrected chi connectivity index (χ0v) is 13.7. The summed E-state index contributed by atoms with van der Waals surface area (Å²) < 4.78 is 0. The summed E-state index contributed by atoms with van der Waals surface area (Å²) in [7, 11) is 0. The lowest BCUT2D eigenvalue weighted by Crippen LogP contribution is -2.39. The lowest BCUT2D eigenvalue weighted by molar-refractivity contribution is -0.130. The first-order valence-corrected chi connectivity index (χ1v) is 8.49. The molecular formula is C18H32O2. The molecule has 0 radical (unpaired) electrons. The summed E-state index contributed by atoms with van der Waals surface area (Å²) in [6.07, 6.45) is 8.67. The van der Waals surface area contributed by atoms with Crippen molar-refractivity contribution in [2.75, 3.05) is 0 Å². The first kappa shape index (κ1) is 16.0. The lowest BCUT2D eigenvalue weighted by Gasteiger charge is -2.42. The van der Waals surface area contributed by atoms with E-state index in [4.69, 9.17) is 0 Å². The lowest BCUT2D eigenvalue weighted by atomic mass is 9.62. The van der Waals surface area contributed by atoms with Gasteiger partial charge in [0.2, 0.25) is 0 Å². The molecule has 2 aliphatic rings. The van der Waals surface area contributed by atoms with E-state index in [1.54, 1.807) is 0 Å². The standard InChI is InChI=1S/C18H32O2/c1-13(7-5-11-17(2,3)20)14-9-10-15-16(19)8-6-12-18(14,15)4/h13-15,20H,5-12H2,1-4H3/t13-,14?,15?,18?/m0/s1. The third-order valence-electron chi connectivity index (χ3n) is 6.07. The average molecular weight is 280 g/mol. The van der Waals surface area contributed by atoms with Gasteiger partial charge in [0.15, 0.2) is 0 Å². The Balaban J connectivity index is 1.93. The normalized spacial score (nSPS) is 36.0. The number of carbonyl (C=O) groups excluding carboxylic acids is 1. The summed E-state index contributed by atoms with van der Waals surface area (Å²) in [6, 6.07) is 0. The predicted octanol–water partition coefficient (Wildman–Crippen LogP) is 4.35. The second kappa shape index (κ2) is 5.79. The fourth-order valence-electron chi connectivity index (χ4n) is 4.96. The van der Waals surface area contributed by atoms with Crippen LogP contribution in [0, 0.1) is 23.2 Å². The Bertz CT molecular complexity index is 355. The summed E-state index contributed by atoms with van der Waals surface area (Å²) in [4.78, 5) is 12.2. The Morgan fingerprint density at radius 1 is 1.40 bits per heavy atom. The van der Waals surface area contributed by atoms with Gasteiger partial charge in [-0.15, -0.1) is 0 Å². The molecule has 0 saturated heterocycles. The van der Waals surface area contributed by atoms with Crippen molar-refractivity contribution in [3.05, 3.63) is 0 Å². The minimum Gasteiger partial charge on any atom is -0.390 e. The number of aliphatic hydroxyl groups is 1. The summed E-state index contributed by atoms with van der Waals surface area (Å²) in [6.45, 7) is 8.52. The molecule has 2 heteroatoms. The number of Topliss-reactive ketones (excluding diaryl/α,β-unsaturated/α-hetero) is 1. The monoisotopic (exact) mass is 280 g/mol. The van der Waals surface area contributed by atoms with Gasteiger partial charge in [0.05, 0.1) is 5.60 Å². The molecule has 0 spiro atoms. The van der Waals surface area contributed by atoms with E-state index >= 15 is 0 Å². The topological polar surface area (TPSA) is 37.3 Å². The highest BCUT2D eigenvalue weighted by Gasteiger charge is 2.52. The summed E-state index contributed by atoms with van der Waals surface area (Å²) in [5, 5.41) is 9.82. The van der Waals surface area contributed by atoms with Crippen molar-refractivity contribution in [3.8, 4) is 0 Å². The van der Waals surface area contributed by atoms with Crippen LogP contribution in [0.3, 0.4) is 0 Å². The van der Waals surface area contributed by atoms with Crippen LogP contribution in [0.5, 0.6) is 0 Å². The van der Waals surface area contributed by atoms with Crippen LogP contribution < -0.4 is 0 Å². The van der Waals surface area contributed by atoms with E-state index in [-0.39, 0.29) is 5.41 Å². The molecule has 116 valence electrons. The Morgan fingerprint density at radius 2 is 2.10 bits per heavy atom. The zero-order valence-electron chi connectivity index (χ0n) is 13.7. The van der Waals surface area contributed by atoms with Crippen molar-refractivity contribution >= 4 is 5.78 Å². The highest BCUT2D eigenvalue weighted by molar-refractivity contribution is 5.83. The molecule has 4 atom stereocenters. The maximum Gasteiger partial charge on any atom is 0.136 e. The van der Waals surface area contributed by atoms with E-state index in [1.165, 1.54) is 19.3 Å². The van der Waals surface area contributed by atoms with Crippen molar-refractivity contribution in [3.63, 3.8) is 0 Å². The largest absolute Gasteiger partial charge is 0.390 e. The maximum atomic E-state index is 12.2. The zero-order chi connectivity index (χ0) is 15.0. The first-order valence-electron chi connectivity index (χ1n) is 8.49. The van der Waals surface area contributed by atoms with Crippen molar-refractivity contribution in [2.24, 2.45) is 23.2 Å². The first-order chi connectivity index (χ1) is 9.24. The SMILES string of the molecule is C[C@@H](CCCC(C)(C)O)C1CCC2C(=O)CCCC21C. The molecule has 3 unspecified atom stereocenters. The average Bonchev–Trinajstić information content (AvgIpc) is 2.66. The summed E-state index contributed by atoms with van der Waals surface area (Å²) >= 11 is 0. The van der Waals surface area contributed by atoms with Crippen LogP contribution in [-0.2, 0) is 4.79 Å². The van der Waals surface area contributed by atoms with Crippen LogP contribution in [0.15, 0.2) is 0 Å². The molecule has 0 aliphatic heterocycles. The van der Waals surface area contributed by atoms with Gasteiger partial charge in [0, 0.05) is 12.3 Å². The van der Waals surface area contributed by atoms with Crippen LogP contribution in [0.4, 0.5) is 0 Å². The Hall–Kier alpha value is -0.370. The highest BCUT2D eigenvalue weighted by atomic mass is 16.3. The molecule has 1 N–H and O–H groups in total. The van der Waals surface area contributed by atoms with E-state index in [0.29, 0.717) is 23.5 Å². The van der Waals surface area contributed by atoms with Crippen molar-refractivity contribution < 1.29 is 9.90 Å².